The number of rotatable bonds is 1. The molecule has 32 valence electrons. The van der Waals surface area contributed by atoms with Crippen LogP contribution in [0.2, 0.25) is 0 Å². The second-order valence-electron chi connectivity index (χ2n) is 0.321. The lowest BCUT2D eigenvalue weighted by Crippen LogP contribution is -1.61. The Morgan fingerprint density at radius 1 is 1.80 bits per heavy atom. The second kappa shape index (κ2) is 8.93. The van der Waals surface area contributed by atoms with Gasteiger partial charge in [0.1, 0.15) is 6.29 Å². The van der Waals surface area contributed by atoms with E-state index in [9.17, 15) is 0 Å². The fraction of sp³-hybridized carbons (Fsp3) is 0.500. The van der Waals surface area contributed by atoms with E-state index in [2.05, 4.69) is 15.9 Å². The number of halogens is 1. The van der Waals surface area contributed by atoms with Gasteiger partial charge in [0.15, 0.2) is 0 Å². The van der Waals surface area contributed by atoms with E-state index in [1.54, 1.807) is 0 Å². The van der Waals surface area contributed by atoms with Crippen LogP contribution >= 0.6 is 15.9 Å². The number of aldehydes is 1. The first-order chi connectivity index (χ1) is 1.91. The molecule has 0 bridgehead atoms. The Morgan fingerprint density at radius 2 is 2.00 bits per heavy atom. The van der Waals surface area contributed by atoms with E-state index in [1.807, 2.05) is 0 Å². The van der Waals surface area contributed by atoms with Crippen LogP contribution < -0.4 is 0 Å². The lowest BCUT2D eigenvalue weighted by molar-refractivity contribution is -0.105. The predicted molar refractivity (Wildman–Crippen MR) is 23.5 cm³/mol. The van der Waals surface area contributed by atoms with Gasteiger partial charge in [-0.2, -0.15) is 0 Å². The summed E-state index contributed by atoms with van der Waals surface area (Å²) in [5, 5.41) is 0.451. The summed E-state index contributed by atoms with van der Waals surface area (Å²) < 4.78 is 0. The van der Waals surface area contributed by atoms with Crippen molar-refractivity contribution in [1.82, 2.24) is 0 Å². The van der Waals surface area contributed by atoms with Gasteiger partial charge in [-0.05, 0) is 0 Å². The van der Waals surface area contributed by atoms with E-state index in [-0.39, 0.29) is 5.48 Å². The summed E-state index contributed by atoms with van der Waals surface area (Å²) in [4.78, 5) is 9.13. The SMILES string of the molecule is O.O=CCBr. The molecule has 0 aliphatic heterocycles. The lowest BCUT2D eigenvalue weighted by Gasteiger charge is -1.49. The van der Waals surface area contributed by atoms with Crippen molar-refractivity contribution in [2.45, 2.75) is 0 Å². The highest BCUT2D eigenvalue weighted by Gasteiger charge is 1.55. The first kappa shape index (κ1) is 8.92. The third-order valence-corrected chi connectivity index (χ3v) is 0.327. The van der Waals surface area contributed by atoms with Crippen molar-refractivity contribution < 1.29 is 10.3 Å². The molecule has 3 heteroatoms. The normalized spacial score (nSPS) is 5.00. The molecular weight excluding hydrogens is 136 g/mol. The first-order valence-electron chi connectivity index (χ1n) is 0.911. The standard InChI is InChI=1S/C2H3BrO.H2O/c3-1-2-4;/h2H,1H2;1H2. The van der Waals surface area contributed by atoms with Gasteiger partial charge in [0.2, 0.25) is 0 Å². The van der Waals surface area contributed by atoms with Gasteiger partial charge in [0.05, 0.1) is 5.33 Å². The third-order valence-electron chi connectivity index (χ3n) is 0.0630. The average Bonchev–Trinajstić information content (AvgIpc) is 1.37. The summed E-state index contributed by atoms with van der Waals surface area (Å²) in [6.45, 7) is 0. The number of alkyl halides is 1. The largest absolute Gasteiger partial charge is 0.412 e. The molecule has 0 spiro atoms. The number of hydrogen-bond donors (Lipinski definition) is 0. The van der Waals surface area contributed by atoms with Crippen molar-refractivity contribution in [3.8, 4) is 0 Å². The van der Waals surface area contributed by atoms with E-state index >= 15 is 0 Å². The number of carbonyl (C=O) groups excluding carboxylic acids is 1. The fourth-order valence-electron chi connectivity index (χ4n) is 0. The van der Waals surface area contributed by atoms with Crippen LogP contribution in [-0.2, 0) is 4.79 Å². The molecule has 0 aromatic rings. The molecule has 0 amide bonds. The molecule has 0 fully saturated rings. The molecule has 0 saturated heterocycles. The maximum atomic E-state index is 9.13. The zero-order chi connectivity index (χ0) is 3.41. The minimum atomic E-state index is 0. The van der Waals surface area contributed by atoms with Gasteiger partial charge < -0.3 is 10.3 Å². The van der Waals surface area contributed by atoms with Gasteiger partial charge in [-0.1, -0.05) is 15.9 Å². The van der Waals surface area contributed by atoms with Gasteiger partial charge in [-0.25, -0.2) is 0 Å². The topological polar surface area (TPSA) is 48.6 Å². The van der Waals surface area contributed by atoms with Gasteiger partial charge in [-0.3, -0.25) is 0 Å². The van der Waals surface area contributed by atoms with Gasteiger partial charge in [-0.15, -0.1) is 0 Å². The summed E-state index contributed by atoms with van der Waals surface area (Å²) >= 11 is 2.88. The monoisotopic (exact) mass is 140 g/mol. The summed E-state index contributed by atoms with van der Waals surface area (Å²) in [6, 6.07) is 0. The molecule has 0 aromatic carbocycles. The van der Waals surface area contributed by atoms with Crippen molar-refractivity contribution in [2.24, 2.45) is 0 Å². The third kappa shape index (κ3) is 14.9. The second-order valence-corrected chi connectivity index (χ2v) is 0.968. The molecule has 0 radical (unpaired) electrons. The summed E-state index contributed by atoms with van der Waals surface area (Å²) in [6.07, 6.45) is 0.792. The molecule has 2 nitrogen and oxygen atoms in total. The van der Waals surface area contributed by atoms with Gasteiger partial charge >= 0.3 is 0 Å². The molecule has 0 heterocycles. The highest BCUT2D eigenvalue weighted by atomic mass is 79.9. The zero-order valence-electron chi connectivity index (χ0n) is 2.57. The van der Waals surface area contributed by atoms with Gasteiger partial charge in [0.25, 0.3) is 0 Å². The fourth-order valence-corrected chi connectivity index (χ4v) is 0. The highest BCUT2D eigenvalue weighted by Crippen LogP contribution is 1.65. The van der Waals surface area contributed by atoms with Crippen LogP contribution in [0.4, 0.5) is 0 Å². The summed E-state index contributed by atoms with van der Waals surface area (Å²) in [7, 11) is 0. The van der Waals surface area contributed by atoms with Crippen molar-refractivity contribution in [3.05, 3.63) is 0 Å². The van der Waals surface area contributed by atoms with Crippen molar-refractivity contribution in [3.63, 3.8) is 0 Å². The van der Waals surface area contributed by atoms with Crippen LogP contribution in [-0.4, -0.2) is 17.1 Å². The zero-order valence-corrected chi connectivity index (χ0v) is 4.16. The van der Waals surface area contributed by atoms with E-state index in [0.717, 1.165) is 6.29 Å². The minimum absolute atomic E-state index is 0. The maximum absolute atomic E-state index is 9.13. The lowest BCUT2D eigenvalue weighted by atomic mass is 11.0. The molecule has 0 aromatic heterocycles. The molecule has 0 saturated carbocycles. The average molecular weight is 141 g/mol. The van der Waals surface area contributed by atoms with Gasteiger partial charge in [0, 0.05) is 0 Å². The molecule has 0 aliphatic rings. The predicted octanol–water partition coefficient (Wildman–Crippen LogP) is -0.244. The smallest absolute Gasteiger partial charge is 0.130 e. The molecule has 0 rings (SSSR count). The molecular formula is C2H5BrO2. The van der Waals surface area contributed by atoms with Crippen molar-refractivity contribution in [1.29, 1.82) is 0 Å². The summed E-state index contributed by atoms with van der Waals surface area (Å²) in [5.74, 6) is 0. The van der Waals surface area contributed by atoms with E-state index in [1.165, 1.54) is 0 Å². The maximum Gasteiger partial charge on any atom is 0.130 e. The summed E-state index contributed by atoms with van der Waals surface area (Å²) in [5.41, 5.74) is 0. The van der Waals surface area contributed by atoms with Crippen LogP contribution in [0.3, 0.4) is 0 Å². The first-order valence-corrected chi connectivity index (χ1v) is 2.03. The van der Waals surface area contributed by atoms with Crippen LogP contribution in [0.15, 0.2) is 0 Å². The molecule has 0 unspecified atom stereocenters. The molecule has 0 aliphatic carbocycles. The Bertz CT molecular complexity index is 21.6. The van der Waals surface area contributed by atoms with Crippen LogP contribution in [0, 0.1) is 0 Å². The van der Waals surface area contributed by atoms with Crippen LogP contribution in [0.5, 0.6) is 0 Å². The molecule has 0 atom stereocenters. The number of carbonyl (C=O) groups is 1. The Balaban J connectivity index is 0. The van der Waals surface area contributed by atoms with Crippen LogP contribution in [0.25, 0.3) is 0 Å². The van der Waals surface area contributed by atoms with Crippen molar-refractivity contribution >= 4 is 22.2 Å². The Kier molecular flexibility index (Phi) is 15.9. The number of hydrogen-bond acceptors (Lipinski definition) is 1. The van der Waals surface area contributed by atoms with Crippen LogP contribution in [0.1, 0.15) is 0 Å². The Labute approximate surface area is 38.6 Å². The van der Waals surface area contributed by atoms with E-state index in [0.29, 0.717) is 5.33 Å². The highest BCUT2D eigenvalue weighted by molar-refractivity contribution is 9.09. The Morgan fingerprint density at radius 3 is 2.00 bits per heavy atom. The van der Waals surface area contributed by atoms with E-state index in [4.69, 9.17) is 4.79 Å². The molecule has 2 N–H and O–H groups in total. The minimum Gasteiger partial charge on any atom is -0.412 e. The van der Waals surface area contributed by atoms with E-state index < -0.39 is 0 Å². The molecule has 5 heavy (non-hydrogen) atoms. The van der Waals surface area contributed by atoms with Crippen molar-refractivity contribution in [2.75, 3.05) is 5.33 Å². The Hall–Kier alpha value is 0.110. The quantitative estimate of drug-likeness (QED) is 0.367.